The molecule has 0 saturated carbocycles. The Hall–Kier alpha value is -1.84. The van der Waals surface area contributed by atoms with Gasteiger partial charge in [0, 0.05) is 0 Å². The van der Waals surface area contributed by atoms with Gasteiger partial charge in [0.25, 0.3) is 0 Å². The molecule has 0 aromatic heterocycles. The average molecular weight is 252 g/mol. The van der Waals surface area contributed by atoms with Crippen molar-refractivity contribution < 1.29 is 18.7 Å². The van der Waals surface area contributed by atoms with Gasteiger partial charge in [-0.3, -0.25) is 0 Å². The van der Waals surface area contributed by atoms with Crippen molar-refractivity contribution in [2.45, 2.75) is 32.5 Å². The molecule has 18 heavy (non-hydrogen) atoms. The monoisotopic (exact) mass is 252 g/mol. The Bertz CT molecular complexity index is 435. The molecule has 0 aliphatic heterocycles. The van der Waals surface area contributed by atoms with Crippen molar-refractivity contribution in [1.82, 2.24) is 0 Å². The Morgan fingerprint density at radius 3 is 2.61 bits per heavy atom. The highest BCUT2D eigenvalue weighted by Gasteiger charge is 2.21. The van der Waals surface area contributed by atoms with Gasteiger partial charge in [-0.15, -0.1) is 0 Å². The lowest BCUT2D eigenvalue weighted by Crippen LogP contribution is -2.25. The quantitative estimate of drug-likeness (QED) is 0.602. The van der Waals surface area contributed by atoms with Gasteiger partial charge in [0.05, 0.1) is 0 Å². The summed E-state index contributed by atoms with van der Waals surface area (Å²) in [5.74, 6) is -0.396. The van der Waals surface area contributed by atoms with Crippen molar-refractivity contribution in [2.75, 3.05) is 0 Å². The second kappa shape index (κ2) is 5.67. The molecule has 0 heterocycles. The molecule has 0 aliphatic carbocycles. The first-order valence-electron chi connectivity index (χ1n) is 5.59. The predicted octanol–water partition coefficient (Wildman–Crippen LogP) is 4.00. The number of carbonyl (C=O) groups is 1. The number of halogens is 1. The fourth-order valence-electron chi connectivity index (χ4n) is 1.31. The molecular weight excluding hydrogens is 235 g/mol. The summed E-state index contributed by atoms with van der Waals surface area (Å²) in [5.41, 5.74) is -0.124. The zero-order valence-corrected chi connectivity index (χ0v) is 10.8. The SMILES string of the molecule is C=C[C@@H](OC(=O)OC(C)(C)C)c1cccc(F)c1. The first-order chi connectivity index (χ1) is 8.31. The first kappa shape index (κ1) is 14.2. The highest BCUT2D eigenvalue weighted by atomic mass is 19.1. The Balaban J connectivity index is 2.74. The molecule has 3 nitrogen and oxygen atoms in total. The van der Waals surface area contributed by atoms with Gasteiger partial charge in [-0.1, -0.05) is 18.7 Å². The number of ether oxygens (including phenoxy) is 2. The lowest BCUT2D eigenvalue weighted by atomic mass is 10.1. The normalized spacial score (nSPS) is 12.7. The zero-order valence-electron chi connectivity index (χ0n) is 10.8. The summed E-state index contributed by atoms with van der Waals surface area (Å²) in [5, 5.41) is 0. The van der Waals surface area contributed by atoms with E-state index >= 15 is 0 Å². The summed E-state index contributed by atoms with van der Waals surface area (Å²) in [6.07, 6.45) is -0.120. The fourth-order valence-corrected chi connectivity index (χ4v) is 1.31. The third-order valence-electron chi connectivity index (χ3n) is 2.00. The maximum absolute atomic E-state index is 13.1. The van der Waals surface area contributed by atoms with Gasteiger partial charge in [-0.25, -0.2) is 9.18 Å². The van der Waals surface area contributed by atoms with Crippen LogP contribution in [-0.4, -0.2) is 11.8 Å². The standard InChI is InChI=1S/C14H17FO3/c1-5-12(10-7-6-8-11(15)9-10)17-13(16)18-14(2,3)4/h5-9,12H,1H2,2-4H3/t12-/m1/s1. The van der Waals surface area contributed by atoms with Crippen LogP contribution in [0.15, 0.2) is 36.9 Å². The molecule has 0 saturated heterocycles. The van der Waals surface area contributed by atoms with Crippen molar-refractivity contribution in [3.05, 3.63) is 48.3 Å². The molecule has 0 unspecified atom stereocenters. The molecule has 0 bridgehead atoms. The largest absolute Gasteiger partial charge is 0.509 e. The van der Waals surface area contributed by atoms with Crippen LogP contribution >= 0.6 is 0 Å². The summed E-state index contributed by atoms with van der Waals surface area (Å²) in [6, 6.07) is 5.80. The van der Waals surface area contributed by atoms with Crippen LogP contribution in [0.4, 0.5) is 9.18 Å². The lowest BCUT2D eigenvalue weighted by Gasteiger charge is -2.21. The van der Waals surface area contributed by atoms with Crippen LogP contribution in [0.2, 0.25) is 0 Å². The van der Waals surface area contributed by atoms with Crippen LogP contribution in [0.25, 0.3) is 0 Å². The molecule has 1 aromatic carbocycles. The predicted molar refractivity (Wildman–Crippen MR) is 66.7 cm³/mol. The van der Waals surface area contributed by atoms with Crippen molar-refractivity contribution in [1.29, 1.82) is 0 Å². The van der Waals surface area contributed by atoms with Crippen molar-refractivity contribution in [3.8, 4) is 0 Å². The van der Waals surface area contributed by atoms with E-state index in [2.05, 4.69) is 6.58 Å². The van der Waals surface area contributed by atoms with Crippen LogP contribution < -0.4 is 0 Å². The molecule has 1 aromatic rings. The zero-order chi connectivity index (χ0) is 13.8. The fraction of sp³-hybridized carbons (Fsp3) is 0.357. The summed E-state index contributed by atoms with van der Waals surface area (Å²) in [7, 11) is 0. The minimum Gasteiger partial charge on any atom is -0.429 e. The number of hydrogen-bond donors (Lipinski definition) is 0. The Morgan fingerprint density at radius 2 is 2.11 bits per heavy atom. The van der Waals surface area contributed by atoms with Gasteiger partial charge in [-0.05, 0) is 44.5 Å². The molecule has 0 N–H and O–H groups in total. The summed E-state index contributed by atoms with van der Waals surface area (Å²) < 4.78 is 23.2. The Kier molecular flexibility index (Phi) is 4.48. The van der Waals surface area contributed by atoms with Crippen LogP contribution in [0.3, 0.4) is 0 Å². The van der Waals surface area contributed by atoms with E-state index < -0.39 is 23.7 Å². The third kappa shape index (κ3) is 4.57. The summed E-state index contributed by atoms with van der Waals surface area (Å²) in [6.45, 7) is 8.77. The first-order valence-corrected chi connectivity index (χ1v) is 5.59. The molecule has 0 radical (unpaired) electrons. The smallest absolute Gasteiger partial charge is 0.429 e. The van der Waals surface area contributed by atoms with Crippen molar-refractivity contribution >= 4 is 6.16 Å². The van der Waals surface area contributed by atoms with E-state index in [0.29, 0.717) is 5.56 Å². The topological polar surface area (TPSA) is 35.5 Å². The minimum absolute atomic E-state index is 0.396. The minimum atomic E-state index is -0.809. The van der Waals surface area contributed by atoms with Crippen LogP contribution in [-0.2, 0) is 9.47 Å². The molecule has 0 aliphatic rings. The lowest BCUT2D eigenvalue weighted by molar-refractivity contribution is -0.0188. The Labute approximate surface area is 106 Å². The number of hydrogen-bond acceptors (Lipinski definition) is 3. The van der Waals surface area contributed by atoms with Crippen LogP contribution in [0.1, 0.15) is 32.4 Å². The van der Waals surface area contributed by atoms with Crippen LogP contribution in [0, 0.1) is 5.82 Å². The number of benzene rings is 1. The molecule has 0 spiro atoms. The maximum Gasteiger partial charge on any atom is 0.509 e. The van der Waals surface area contributed by atoms with Gasteiger partial charge in [0.15, 0.2) is 0 Å². The molecule has 0 amide bonds. The van der Waals surface area contributed by atoms with E-state index in [1.165, 1.54) is 18.2 Å². The van der Waals surface area contributed by atoms with E-state index in [1.807, 2.05) is 0 Å². The summed E-state index contributed by atoms with van der Waals surface area (Å²) >= 11 is 0. The summed E-state index contributed by atoms with van der Waals surface area (Å²) in [4.78, 5) is 11.5. The van der Waals surface area contributed by atoms with Gasteiger partial charge in [0.1, 0.15) is 17.5 Å². The highest BCUT2D eigenvalue weighted by Crippen LogP contribution is 2.21. The van der Waals surface area contributed by atoms with Crippen LogP contribution in [0.5, 0.6) is 0 Å². The van der Waals surface area contributed by atoms with Gasteiger partial charge in [0.2, 0.25) is 0 Å². The Morgan fingerprint density at radius 1 is 1.44 bits per heavy atom. The van der Waals surface area contributed by atoms with Crippen molar-refractivity contribution in [2.24, 2.45) is 0 Å². The van der Waals surface area contributed by atoms with Gasteiger partial charge < -0.3 is 9.47 Å². The van der Waals surface area contributed by atoms with Gasteiger partial charge in [-0.2, -0.15) is 0 Å². The second-order valence-corrected chi connectivity index (χ2v) is 4.79. The third-order valence-corrected chi connectivity index (χ3v) is 2.00. The van der Waals surface area contributed by atoms with Crippen molar-refractivity contribution in [3.63, 3.8) is 0 Å². The number of rotatable bonds is 3. The van der Waals surface area contributed by atoms with E-state index in [-0.39, 0.29) is 0 Å². The molecule has 1 atom stereocenters. The van der Waals surface area contributed by atoms with E-state index in [9.17, 15) is 9.18 Å². The second-order valence-electron chi connectivity index (χ2n) is 4.79. The van der Waals surface area contributed by atoms with E-state index in [0.717, 1.165) is 0 Å². The molecule has 4 heteroatoms. The van der Waals surface area contributed by atoms with E-state index in [1.54, 1.807) is 32.9 Å². The van der Waals surface area contributed by atoms with Gasteiger partial charge >= 0.3 is 6.16 Å². The highest BCUT2D eigenvalue weighted by molar-refractivity contribution is 5.61. The van der Waals surface area contributed by atoms with E-state index in [4.69, 9.17) is 9.47 Å². The molecular formula is C14H17FO3. The average Bonchev–Trinajstić information content (AvgIpc) is 2.23. The molecule has 98 valence electrons. The molecule has 1 rings (SSSR count). The maximum atomic E-state index is 13.1. The molecule has 0 fully saturated rings. The number of carbonyl (C=O) groups excluding carboxylic acids is 1.